The van der Waals surface area contributed by atoms with Gasteiger partial charge in [0.1, 0.15) is 11.1 Å². The van der Waals surface area contributed by atoms with Gasteiger partial charge in [-0.2, -0.15) is 5.26 Å². The number of rotatable bonds is 12. The van der Waals surface area contributed by atoms with E-state index in [9.17, 15) is 9.47 Å². The van der Waals surface area contributed by atoms with Crippen molar-refractivity contribution in [3.63, 3.8) is 0 Å². The first-order chi connectivity index (χ1) is 16.1. The minimum atomic E-state index is -0.930. The van der Waals surface area contributed by atoms with Crippen molar-refractivity contribution in [1.82, 2.24) is 4.98 Å². The van der Waals surface area contributed by atoms with Crippen molar-refractivity contribution in [3.05, 3.63) is 71.8 Å². The number of thioether (sulfide) groups is 1. The quantitative estimate of drug-likeness (QED) is 0.198. The van der Waals surface area contributed by atoms with E-state index < -0.39 is 10.8 Å². The second-order valence-electron chi connectivity index (χ2n) is 8.25. The lowest BCUT2D eigenvalue weighted by Crippen LogP contribution is -2.02. The summed E-state index contributed by atoms with van der Waals surface area (Å²) < 4.78 is 12.6. The van der Waals surface area contributed by atoms with Gasteiger partial charge in [0.15, 0.2) is 0 Å². The first-order valence-corrected chi connectivity index (χ1v) is 14.1. The van der Waals surface area contributed by atoms with Crippen molar-refractivity contribution in [2.45, 2.75) is 57.4 Å². The van der Waals surface area contributed by atoms with Crippen LogP contribution in [0.3, 0.4) is 0 Å². The number of benzene rings is 2. The van der Waals surface area contributed by atoms with Gasteiger partial charge in [0.2, 0.25) is 0 Å². The first kappa shape index (κ1) is 25.2. The third-order valence-electron chi connectivity index (χ3n) is 5.58. The molecule has 1 heterocycles. The lowest BCUT2D eigenvalue weighted by atomic mass is 9.99. The van der Waals surface area contributed by atoms with Gasteiger partial charge in [-0.25, -0.2) is 4.98 Å². The molecule has 0 radical (unpaired) electrons. The maximum Gasteiger partial charge on any atom is 0.116 e. The van der Waals surface area contributed by atoms with Gasteiger partial charge in [0.05, 0.1) is 16.3 Å². The fourth-order valence-electron chi connectivity index (χ4n) is 3.68. The largest absolute Gasteiger partial charge is 0.259 e. The summed E-state index contributed by atoms with van der Waals surface area (Å²) in [7, 11) is -0.930. The van der Waals surface area contributed by atoms with E-state index in [0.717, 1.165) is 35.2 Å². The van der Waals surface area contributed by atoms with E-state index in [-0.39, 0.29) is 0 Å². The maximum absolute atomic E-state index is 12.6. The molecule has 0 aliphatic carbocycles. The average Bonchev–Trinajstić information content (AvgIpc) is 2.85. The van der Waals surface area contributed by atoms with Crippen molar-refractivity contribution in [2.75, 3.05) is 10.8 Å². The van der Waals surface area contributed by atoms with Gasteiger partial charge in [-0.3, -0.25) is 4.21 Å². The minimum Gasteiger partial charge on any atom is -0.259 e. The van der Waals surface area contributed by atoms with E-state index in [2.05, 4.69) is 44.2 Å². The minimum absolute atomic E-state index is 0.461. The van der Waals surface area contributed by atoms with Crippen LogP contribution in [0.5, 0.6) is 0 Å². The Kier molecular flexibility index (Phi) is 10.2. The van der Waals surface area contributed by atoms with E-state index in [4.69, 9.17) is 4.98 Å². The average molecular weight is 477 g/mol. The van der Waals surface area contributed by atoms with Gasteiger partial charge in [-0.15, -0.1) is 0 Å². The fourth-order valence-corrected chi connectivity index (χ4v) is 6.11. The summed E-state index contributed by atoms with van der Waals surface area (Å²) in [6.45, 7) is 4.28. The Labute approximate surface area is 205 Å². The van der Waals surface area contributed by atoms with Crippen molar-refractivity contribution < 1.29 is 4.21 Å². The third kappa shape index (κ3) is 7.55. The van der Waals surface area contributed by atoms with Gasteiger partial charge < -0.3 is 0 Å². The molecule has 0 saturated carbocycles. The molecule has 1 atom stereocenters. The van der Waals surface area contributed by atoms with Gasteiger partial charge in [0, 0.05) is 27.7 Å². The van der Waals surface area contributed by atoms with Crippen LogP contribution >= 0.6 is 11.8 Å². The molecule has 0 spiro atoms. The molecule has 172 valence electrons. The molecule has 2 aromatic carbocycles. The topological polar surface area (TPSA) is 53.8 Å². The zero-order valence-electron chi connectivity index (χ0n) is 19.5. The molecule has 5 heteroatoms. The molecule has 3 rings (SSSR count). The van der Waals surface area contributed by atoms with Crippen LogP contribution in [0.25, 0.3) is 22.4 Å². The fraction of sp³-hybridized carbons (Fsp3) is 0.357. The second-order valence-corrected chi connectivity index (χ2v) is 11.2. The number of nitrogens with zero attached hydrogens (tertiary/aromatic N) is 2. The van der Waals surface area contributed by atoms with Crippen LogP contribution in [0, 0.1) is 18.3 Å². The molecule has 0 bridgehead atoms. The van der Waals surface area contributed by atoms with Crippen molar-refractivity contribution in [1.29, 1.82) is 5.26 Å². The van der Waals surface area contributed by atoms with Crippen LogP contribution < -0.4 is 0 Å². The summed E-state index contributed by atoms with van der Waals surface area (Å²) in [5.41, 5.74) is 5.44. The number of pyridine rings is 1. The molecular formula is C28H32N2OS2. The molecule has 0 saturated heterocycles. The van der Waals surface area contributed by atoms with Crippen LogP contribution in [0.2, 0.25) is 0 Å². The summed E-state index contributed by atoms with van der Waals surface area (Å²) in [5.74, 6) is 0.713. The molecule has 0 fully saturated rings. The molecule has 0 amide bonds. The Bertz CT molecular complexity index is 1090. The molecular weight excluding hydrogens is 444 g/mol. The Morgan fingerprint density at radius 1 is 0.939 bits per heavy atom. The highest BCUT2D eigenvalue weighted by atomic mass is 32.2. The Morgan fingerprint density at radius 3 is 2.33 bits per heavy atom. The Morgan fingerprint density at radius 2 is 1.64 bits per heavy atom. The van der Waals surface area contributed by atoms with Crippen LogP contribution in [0.4, 0.5) is 0 Å². The number of unbranched alkanes of at least 4 members (excludes halogenated alkanes) is 5. The number of aryl methyl sites for hydroxylation is 1. The highest BCUT2D eigenvalue weighted by molar-refractivity contribution is 8.10. The van der Waals surface area contributed by atoms with Gasteiger partial charge in [-0.05, 0) is 25.0 Å². The highest BCUT2D eigenvalue weighted by Gasteiger charge is 2.16. The number of hydrogen-bond donors (Lipinski definition) is 0. The summed E-state index contributed by atoms with van der Waals surface area (Å²) >= 11 is 1.44. The molecule has 3 aromatic rings. The van der Waals surface area contributed by atoms with E-state index in [1.165, 1.54) is 43.0 Å². The normalized spacial score (nSPS) is 11.8. The van der Waals surface area contributed by atoms with E-state index >= 15 is 0 Å². The monoisotopic (exact) mass is 476 g/mol. The molecule has 0 N–H and O–H groups in total. The SMILES string of the molecule is CCCCCCCCS(=O)CSc1nc(-c2ccc(C)cc2)cc(-c2ccccc2)c1C#N. The summed E-state index contributed by atoms with van der Waals surface area (Å²) in [6, 6.07) is 22.6. The standard InChI is InChI=1S/C28H32N2OS2/c1-3-4-5-6-7-11-18-33(31)21-32-28-26(20-29)25(23-12-9-8-10-13-23)19-27(30-28)24-16-14-22(2)15-17-24/h8-10,12-17,19H,3-7,11,18,21H2,1-2H3. The molecule has 0 aliphatic heterocycles. The van der Waals surface area contributed by atoms with Gasteiger partial charge in [-0.1, -0.05) is 111 Å². The van der Waals surface area contributed by atoms with Crippen LogP contribution in [-0.4, -0.2) is 20.0 Å². The number of hydrogen-bond acceptors (Lipinski definition) is 4. The van der Waals surface area contributed by atoms with Crippen molar-refractivity contribution in [2.24, 2.45) is 0 Å². The van der Waals surface area contributed by atoms with E-state index in [1.54, 1.807) is 0 Å². The first-order valence-electron chi connectivity index (χ1n) is 11.7. The molecule has 33 heavy (non-hydrogen) atoms. The number of aromatic nitrogens is 1. The summed E-state index contributed by atoms with van der Waals surface area (Å²) in [6.07, 6.45) is 7.14. The maximum atomic E-state index is 12.6. The second kappa shape index (κ2) is 13.3. The van der Waals surface area contributed by atoms with Crippen LogP contribution in [0.15, 0.2) is 65.7 Å². The predicted molar refractivity (Wildman–Crippen MR) is 142 cm³/mol. The van der Waals surface area contributed by atoms with Crippen molar-refractivity contribution >= 4 is 22.6 Å². The smallest absolute Gasteiger partial charge is 0.116 e. The zero-order chi connectivity index (χ0) is 23.5. The van der Waals surface area contributed by atoms with E-state index in [0.29, 0.717) is 21.4 Å². The van der Waals surface area contributed by atoms with Crippen LogP contribution in [0.1, 0.15) is 56.6 Å². The molecule has 3 nitrogen and oxygen atoms in total. The highest BCUT2D eigenvalue weighted by Crippen LogP contribution is 2.34. The Hall–Kier alpha value is -2.42. The molecule has 1 aromatic heterocycles. The lowest BCUT2D eigenvalue weighted by Gasteiger charge is -2.13. The summed E-state index contributed by atoms with van der Waals surface area (Å²) in [5, 5.41) is 11.1. The molecule has 0 aliphatic rings. The Balaban J connectivity index is 1.81. The lowest BCUT2D eigenvalue weighted by molar-refractivity contribution is 0.622. The van der Waals surface area contributed by atoms with Crippen LogP contribution in [-0.2, 0) is 10.8 Å². The third-order valence-corrected chi connectivity index (χ3v) is 8.42. The number of nitriles is 1. The van der Waals surface area contributed by atoms with Crippen molar-refractivity contribution in [3.8, 4) is 28.5 Å². The van der Waals surface area contributed by atoms with E-state index in [1.807, 2.05) is 36.4 Å². The van der Waals surface area contributed by atoms with Gasteiger partial charge >= 0.3 is 0 Å². The summed E-state index contributed by atoms with van der Waals surface area (Å²) in [4.78, 5) is 4.84. The zero-order valence-corrected chi connectivity index (χ0v) is 21.2. The predicted octanol–water partition coefficient (Wildman–Crippen LogP) is 7.75. The van der Waals surface area contributed by atoms with Gasteiger partial charge in [0.25, 0.3) is 0 Å². The molecule has 1 unspecified atom stereocenters.